The van der Waals surface area contributed by atoms with Gasteiger partial charge in [-0.15, -0.1) is 0 Å². The third kappa shape index (κ3) is 4.06. The van der Waals surface area contributed by atoms with Gasteiger partial charge in [0.15, 0.2) is 0 Å². The van der Waals surface area contributed by atoms with E-state index in [1.54, 1.807) is 13.8 Å². The first-order valence-corrected chi connectivity index (χ1v) is 10.3. The molecule has 4 rings (SSSR count). The number of nitrogens with zero attached hydrogens (tertiary/aromatic N) is 3. The van der Waals surface area contributed by atoms with Crippen molar-refractivity contribution in [3.63, 3.8) is 0 Å². The standard InChI is InChI=1S/C24H29N3O2/c1-17-8-9-21-19(14-17)15-18-6-4-5-7-20(18)22(25-21)27-12-10-26(11-13-27)16-24(2,3)23(28)29/h4-7,9,15H,1,8,10-14,16H2,2-3H3,(H,28,29). The minimum atomic E-state index is -0.744. The van der Waals surface area contributed by atoms with Gasteiger partial charge in [0.05, 0.1) is 11.1 Å². The molecule has 0 spiro atoms. The van der Waals surface area contributed by atoms with Crippen LogP contribution in [0.3, 0.4) is 0 Å². The molecule has 1 aliphatic carbocycles. The summed E-state index contributed by atoms with van der Waals surface area (Å²) in [5.41, 5.74) is 5.17. The number of fused-ring (bicyclic) bond motifs is 2. The summed E-state index contributed by atoms with van der Waals surface area (Å²) in [6.07, 6.45) is 6.22. The van der Waals surface area contributed by atoms with Gasteiger partial charge in [0.2, 0.25) is 0 Å². The van der Waals surface area contributed by atoms with Crippen LogP contribution in [0.1, 0.15) is 37.8 Å². The molecular formula is C24H29N3O2. The third-order valence-electron chi connectivity index (χ3n) is 5.98. The molecule has 2 heterocycles. The fraction of sp³-hybridized carbons (Fsp3) is 0.417. The van der Waals surface area contributed by atoms with Crippen LogP contribution >= 0.6 is 0 Å². The maximum absolute atomic E-state index is 11.5. The molecule has 0 atom stereocenters. The highest BCUT2D eigenvalue weighted by molar-refractivity contribution is 6.04. The predicted molar refractivity (Wildman–Crippen MR) is 117 cm³/mol. The molecule has 1 N–H and O–H groups in total. The van der Waals surface area contributed by atoms with Crippen molar-refractivity contribution in [3.05, 3.63) is 64.9 Å². The Balaban J connectivity index is 1.58. The molecule has 29 heavy (non-hydrogen) atoms. The SMILES string of the molecule is C=C1CC=C2N=C(N3CCN(CC(C)(C)C(=O)O)CC3)c3ccccc3C=C2C1. The number of piperazine rings is 1. The molecule has 1 aromatic carbocycles. The zero-order chi connectivity index (χ0) is 20.6. The van der Waals surface area contributed by atoms with Gasteiger partial charge in [-0.3, -0.25) is 9.69 Å². The molecule has 0 unspecified atom stereocenters. The average molecular weight is 392 g/mol. The van der Waals surface area contributed by atoms with Gasteiger partial charge < -0.3 is 10.0 Å². The number of amidine groups is 1. The van der Waals surface area contributed by atoms with Crippen molar-refractivity contribution in [1.82, 2.24) is 9.80 Å². The van der Waals surface area contributed by atoms with Crippen LogP contribution in [0.5, 0.6) is 0 Å². The molecule has 3 aliphatic rings. The fourth-order valence-electron chi connectivity index (χ4n) is 4.22. The van der Waals surface area contributed by atoms with Crippen LogP contribution in [0.25, 0.3) is 6.08 Å². The maximum atomic E-state index is 11.5. The number of carboxylic acids is 1. The molecule has 152 valence electrons. The first-order chi connectivity index (χ1) is 13.8. The molecule has 5 nitrogen and oxygen atoms in total. The van der Waals surface area contributed by atoms with Crippen molar-refractivity contribution in [2.75, 3.05) is 32.7 Å². The first kappa shape index (κ1) is 19.6. The summed E-state index contributed by atoms with van der Waals surface area (Å²) < 4.78 is 0. The van der Waals surface area contributed by atoms with Crippen LogP contribution in [0.4, 0.5) is 0 Å². The number of hydrogen-bond donors (Lipinski definition) is 1. The second kappa shape index (κ2) is 7.64. The molecule has 1 aromatic rings. The van der Waals surface area contributed by atoms with Gasteiger partial charge in [0.25, 0.3) is 0 Å². The van der Waals surface area contributed by atoms with E-state index in [-0.39, 0.29) is 0 Å². The first-order valence-electron chi connectivity index (χ1n) is 10.3. The van der Waals surface area contributed by atoms with Crippen molar-refractivity contribution in [2.24, 2.45) is 10.4 Å². The van der Waals surface area contributed by atoms with Crippen molar-refractivity contribution < 1.29 is 9.90 Å². The van der Waals surface area contributed by atoms with Gasteiger partial charge >= 0.3 is 5.97 Å². The minimum Gasteiger partial charge on any atom is -0.481 e. The van der Waals surface area contributed by atoms with E-state index in [1.165, 1.54) is 22.3 Å². The number of hydrogen-bond acceptors (Lipinski definition) is 4. The van der Waals surface area contributed by atoms with Gasteiger partial charge in [-0.2, -0.15) is 0 Å². The zero-order valence-corrected chi connectivity index (χ0v) is 17.3. The van der Waals surface area contributed by atoms with Gasteiger partial charge in [0.1, 0.15) is 5.84 Å². The Morgan fingerprint density at radius 2 is 1.93 bits per heavy atom. The van der Waals surface area contributed by atoms with E-state index >= 15 is 0 Å². The van der Waals surface area contributed by atoms with Crippen molar-refractivity contribution >= 4 is 17.9 Å². The monoisotopic (exact) mass is 391 g/mol. The molecule has 2 aliphatic heterocycles. The number of benzene rings is 1. The summed E-state index contributed by atoms with van der Waals surface area (Å²) in [4.78, 5) is 21.2. The minimum absolute atomic E-state index is 0.568. The molecule has 0 saturated carbocycles. The van der Waals surface area contributed by atoms with E-state index in [1.807, 2.05) is 0 Å². The number of carboxylic acid groups (broad SMARTS) is 1. The highest BCUT2D eigenvalue weighted by atomic mass is 16.4. The Bertz CT molecular complexity index is 931. The third-order valence-corrected chi connectivity index (χ3v) is 5.98. The molecule has 1 saturated heterocycles. The summed E-state index contributed by atoms with van der Waals surface area (Å²) in [5, 5.41) is 9.42. The number of aliphatic carboxylic acids is 1. The van der Waals surface area contributed by atoms with Gasteiger partial charge in [-0.25, -0.2) is 4.99 Å². The Kier molecular flexibility index (Phi) is 5.17. The van der Waals surface area contributed by atoms with E-state index in [0.717, 1.165) is 50.6 Å². The van der Waals surface area contributed by atoms with Crippen molar-refractivity contribution in [2.45, 2.75) is 26.7 Å². The lowest BCUT2D eigenvalue weighted by molar-refractivity contribution is -0.148. The van der Waals surface area contributed by atoms with E-state index in [0.29, 0.717) is 6.54 Å². The topological polar surface area (TPSA) is 56.1 Å². The van der Waals surface area contributed by atoms with Crippen LogP contribution in [0.15, 0.2) is 58.8 Å². The molecule has 0 amide bonds. The number of rotatable bonds is 3. The van der Waals surface area contributed by atoms with Gasteiger partial charge in [-0.05, 0) is 43.9 Å². The van der Waals surface area contributed by atoms with E-state index in [9.17, 15) is 9.90 Å². The summed E-state index contributed by atoms with van der Waals surface area (Å²) in [6, 6.07) is 8.45. The average Bonchev–Trinajstić information content (AvgIpc) is 2.84. The summed E-state index contributed by atoms with van der Waals surface area (Å²) in [5.74, 6) is 0.286. The lowest BCUT2D eigenvalue weighted by Crippen LogP contribution is -2.52. The smallest absolute Gasteiger partial charge is 0.310 e. The van der Waals surface area contributed by atoms with Crippen molar-refractivity contribution in [1.29, 1.82) is 0 Å². The Labute approximate surface area is 172 Å². The quantitative estimate of drug-likeness (QED) is 0.797. The van der Waals surface area contributed by atoms with Crippen molar-refractivity contribution in [3.8, 4) is 0 Å². The number of allylic oxidation sites excluding steroid dienone is 3. The van der Waals surface area contributed by atoms with Gasteiger partial charge in [-0.1, -0.05) is 42.5 Å². The molecule has 0 radical (unpaired) electrons. The maximum Gasteiger partial charge on any atom is 0.310 e. The van der Waals surface area contributed by atoms with E-state index in [2.05, 4.69) is 52.8 Å². The zero-order valence-electron chi connectivity index (χ0n) is 17.3. The normalized spacial score (nSPS) is 20.1. The predicted octanol–water partition coefficient (Wildman–Crippen LogP) is 3.79. The summed E-state index contributed by atoms with van der Waals surface area (Å²) in [6.45, 7) is 11.7. The Morgan fingerprint density at radius 1 is 1.21 bits per heavy atom. The lowest BCUT2D eigenvalue weighted by Gasteiger charge is -2.39. The molecule has 0 aromatic heterocycles. The van der Waals surface area contributed by atoms with Crippen LogP contribution in [0, 0.1) is 5.41 Å². The molecule has 1 fully saturated rings. The number of aliphatic imine (C=N–C) groups is 1. The van der Waals surface area contributed by atoms with Crippen LogP contribution < -0.4 is 0 Å². The van der Waals surface area contributed by atoms with Crippen LogP contribution in [0.2, 0.25) is 0 Å². The Morgan fingerprint density at radius 3 is 2.66 bits per heavy atom. The lowest BCUT2D eigenvalue weighted by atomic mass is 9.93. The summed E-state index contributed by atoms with van der Waals surface area (Å²) in [7, 11) is 0. The highest BCUT2D eigenvalue weighted by Crippen LogP contribution is 2.34. The van der Waals surface area contributed by atoms with Crippen LogP contribution in [-0.2, 0) is 4.79 Å². The van der Waals surface area contributed by atoms with E-state index in [4.69, 9.17) is 4.99 Å². The Hall–Kier alpha value is -2.66. The summed E-state index contributed by atoms with van der Waals surface area (Å²) >= 11 is 0. The molecule has 0 bridgehead atoms. The van der Waals surface area contributed by atoms with E-state index < -0.39 is 11.4 Å². The van der Waals surface area contributed by atoms with Gasteiger partial charge in [0, 0.05) is 38.3 Å². The number of carbonyl (C=O) groups is 1. The van der Waals surface area contributed by atoms with Crippen LogP contribution in [-0.4, -0.2) is 59.4 Å². The highest BCUT2D eigenvalue weighted by Gasteiger charge is 2.32. The molecular weight excluding hydrogens is 362 g/mol. The fourth-order valence-corrected chi connectivity index (χ4v) is 4.22. The molecule has 5 heteroatoms. The second-order valence-electron chi connectivity index (χ2n) is 8.86. The second-order valence-corrected chi connectivity index (χ2v) is 8.86. The largest absolute Gasteiger partial charge is 0.481 e.